The Balaban J connectivity index is 1.47. The minimum Gasteiger partial charge on any atom is -0.497 e. The third-order valence-corrected chi connectivity index (χ3v) is 5.18. The highest BCUT2D eigenvalue weighted by molar-refractivity contribution is 5.84. The molecule has 1 amide bonds. The van der Waals surface area contributed by atoms with Crippen LogP contribution < -0.4 is 4.74 Å². The van der Waals surface area contributed by atoms with Crippen LogP contribution in [-0.2, 0) is 17.8 Å². The Morgan fingerprint density at radius 3 is 2.96 bits per heavy atom. The zero-order valence-electron chi connectivity index (χ0n) is 15.6. The van der Waals surface area contributed by atoms with Crippen molar-refractivity contribution in [2.45, 2.75) is 25.3 Å². The average molecular weight is 361 g/mol. The van der Waals surface area contributed by atoms with E-state index in [2.05, 4.69) is 17.2 Å². The molecule has 1 unspecified atom stereocenters. The lowest BCUT2D eigenvalue weighted by Crippen LogP contribution is -2.30. The molecule has 0 radical (unpaired) electrons. The maximum absolute atomic E-state index is 13.0. The molecular weight excluding hydrogens is 338 g/mol. The first-order valence-electron chi connectivity index (χ1n) is 9.16. The topological polar surface area (TPSA) is 47.4 Å². The van der Waals surface area contributed by atoms with Crippen LogP contribution in [0.4, 0.5) is 0 Å². The summed E-state index contributed by atoms with van der Waals surface area (Å²) in [4.78, 5) is 14.8. The van der Waals surface area contributed by atoms with E-state index in [-0.39, 0.29) is 11.8 Å². The summed E-state index contributed by atoms with van der Waals surface area (Å²) in [5.41, 5.74) is 4.41. The number of likely N-dealkylation sites (N-methyl/N-ethyl adjacent to an activating group) is 1. The van der Waals surface area contributed by atoms with Gasteiger partial charge in [0.05, 0.1) is 24.9 Å². The van der Waals surface area contributed by atoms with E-state index < -0.39 is 0 Å². The number of nitrogens with zero attached hydrogens (tertiary/aromatic N) is 3. The van der Waals surface area contributed by atoms with Gasteiger partial charge in [-0.15, -0.1) is 0 Å². The van der Waals surface area contributed by atoms with E-state index >= 15 is 0 Å². The molecule has 27 heavy (non-hydrogen) atoms. The van der Waals surface area contributed by atoms with Crippen LogP contribution in [0, 0.1) is 0 Å². The van der Waals surface area contributed by atoms with Crippen molar-refractivity contribution >= 4 is 5.91 Å². The van der Waals surface area contributed by atoms with Crippen LogP contribution in [-0.4, -0.2) is 34.7 Å². The monoisotopic (exact) mass is 361 g/mol. The number of carbonyl (C=O) groups excluding carboxylic acids is 1. The van der Waals surface area contributed by atoms with Crippen molar-refractivity contribution in [2.75, 3.05) is 14.2 Å². The number of ether oxygens (including phenoxy) is 1. The molecule has 1 atom stereocenters. The quantitative estimate of drug-likeness (QED) is 0.698. The smallest absolute Gasteiger partial charge is 0.230 e. The van der Waals surface area contributed by atoms with E-state index in [1.807, 2.05) is 55.8 Å². The van der Waals surface area contributed by atoms with E-state index in [4.69, 9.17) is 4.74 Å². The van der Waals surface area contributed by atoms with Crippen molar-refractivity contribution in [2.24, 2.45) is 0 Å². The van der Waals surface area contributed by atoms with Gasteiger partial charge in [-0.25, -0.2) is 4.68 Å². The number of aromatic nitrogens is 2. The Kier molecular flexibility index (Phi) is 4.67. The molecule has 1 heterocycles. The third kappa shape index (κ3) is 3.45. The van der Waals surface area contributed by atoms with Crippen molar-refractivity contribution in [3.63, 3.8) is 0 Å². The number of hydrogen-bond donors (Lipinski definition) is 0. The average Bonchev–Trinajstić information content (AvgIpc) is 3.34. The molecule has 138 valence electrons. The van der Waals surface area contributed by atoms with Crippen LogP contribution in [0.2, 0.25) is 0 Å². The summed E-state index contributed by atoms with van der Waals surface area (Å²) < 4.78 is 7.08. The second kappa shape index (κ2) is 7.27. The van der Waals surface area contributed by atoms with E-state index in [0.29, 0.717) is 6.54 Å². The fourth-order valence-electron chi connectivity index (χ4n) is 3.77. The SMILES string of the molecule is COc1cccc(-n2cc(CN(C)C(=O)C3CCc4ccccc43)cn2)c1. The molecule has 0 saturated carbocycles. The second-order valence-electron chi connectivity index (χ2n) is 6.98. The lowest BCUT2D eigenvalue weighted by molar-refractivity contribution is -0.132. The minimum absolute atomic E-state index is 0.0281. The number of hydrogen-bond acceptors (Lipinski definition) is 3. The number of fused-ring (bicyclic) bond motifs is 1. The van der Waals surface area contributed by atoms with Crippen molar-refractivity contribution in [1.82, 2.24) is 14.7 Å². The molecule has 5 heteroatoms. The summed E-state index contributed by atoms with van der Waals surface area (Å²) in [5.74, 6) is 0.936. The van der Waals surface area contributed by atoms with Crippen molar-refractivity contribution in [3.05, 3.63) is 77.6 Å². The number of benzene rings is 2. The molecule has 0 saturated heterocycles. The maximum Gasteiger partial charge on any atom is 0.230 e. The van der Waals surface area contributed by atoms with Gasteiger partial charge in [-0.1, -0.05) is 30.3 Å². The Labute approximate surface area is 159 Å². The van der Waals surface area contributed by atoms with Gasteiger partial charge in [0.1, 0.15) is 5.75 Å². The van der Waals surface area contributed by atoms with Gasteiger partial charge in [-0.05, 0) is 36.1 Å². The molecule has 0 spiro atoms. The first-order valence-corrected chi connectivity index (χ1v) is 9.16. The Hall–Kier alpha value is -3.08. The molecule has 1 aliphatic rings. The zero-order chi connectivity index (χ0) is 18.8. The lowest BCUT2D eigenvalue weighted by atomic mass is 10.00. The lowest BCUT2D eigenvalue weighted by Gasteiger charge is -2.21. The van der Waals surface area contributed by atoms with Crippen LogP contribution in [0.15, 0.2) is 60.9 Å². The van der Waals surface area contributed by atoms with Gasteiger partial charge in [0.2, 0.25) is 5.91 Å². The van der Waals surface area contributed by atoms with Crippen molar-refractivity contribution < 1.29 is 9.53 Å². The van der Waals surface area contributed by atoms with Crippen LogP contribution >= 0.6 is 0 Å². The highest BCUT2D eigenvalue weighted by Gasteiger charge is 2.30. The molecule has 3 aromatic rings. The summed E-state index contributed by atoms with van der Waals surface area (Å²) in [6, 6.07) is 16.0. The number of amides is 1. The van der Waals surface area contributed by atoms with E-state index in [1.54, 1.807) is 16.7 Å². The van der Waals surface area contributed by atoms with E-state index in [1.165, 1.54) is 11.1 Å². The first-order chi connectivity index (χ1) is 13.2. The summed E-state index contributed by atoms with van der Waals surface area (Å²) in [7, 11) is 3.52. The van der Waals surface area contributed by atoms with E-state index in [9.17, 15) is 4.79 Å². The molecule has 0 fully saturated rings. The first kappa shape index (κ1) is 17.3. The highest BCUT2D eigenvalue weighted by Crippen LogP contribution is 2.34. The van der Waals surface area contributed by atoms with Crippen LogP contribution in [0.1, 0.15) is 29.0 Å². The summed E-state index contributed by atoms with van der Waals surface area (Å²) in [6.07, 6.45) is 5.65. The van der Waals surface area contributed by atoms with Gasteiger partial charge in [0.25, 0.3) is 0 Å². The summed E-state index contributed by atoms with van der Waals surface area (Å²) in [6.45, 7) is 0.543. The largest absolute Gasteiger partial charge is 0.497 e. The molecule has 5 nitrogen and oxygen atoms in total. The van der Waals surface area contributed by atoms with E-state index in [0.717, 1.165) is 29.8 Å². The molecule has 1 aromatic heterocycles. The predicted molar refractivity (Wildman–Crippen MR) is 104 cm³/mol. The molecular formula is C22H23N3O2. The zero-order valence-corrected chi connectivity index (χ0v) is 15.6. The Bertz CT molecular complexity index is 963. The van der Waals surface area contributed by atoms with Crippen molar-refractivity contribution in [1.29, 1.82) is 0 Å². The molecule has 0 aliphatic heterocycles. The third-order valence-electron chi connectivity index (χ3n) is 5.18. The predicted octanol–water partition coefficient (Wildman–Crippen LogP) is 3.57. The fourth-order valence-corrected chi connectivity index (χ4v) is 3.77. The van der Waals surface area contributed by atoms with Crippen LogP contribution in [0.25, 0.3) is 5.69 Å². The molecule has 1 aliphatic carbocycles. The minimum atomic E-state index is -0.0281. The highest BCUT2D eigenvalue weighted by atomic mass is 16.5. The number of methoxy groups -OCH3 is 1. The van der Waals surface area contributed by atoms with Crippen molar-refractivity contribution in [3.8, 4) is 11.4 Å². The second-order valence-corrected chi connectivity index (χ2v) is 6.98. The molecule has 2 aromatic carbocycles. The van der Waals surface area contributed by atoms with Gasteiger partial charge in [0.15, 0.2) is 0 Å². The van der Waals surface area contributed by atoms with Crippen LogP contribution in [0.5, 0.6) is 5.75 Å². The van der Waals surface area contributed by atoms with Gasteiger partial charge in [0, 0.05) is 31.4 Å². The van der Waals surface area contributed by atoms with Gasteiger partial charge < -0.3 is 9.64 Å². The molecule has 0 bridgehead atoms. The summed E-state index contributed by atoms with van der Waals surface area (Å²) in [5, 5.41) is 4.43. The van der Waals surface area contributed by atoms with Gasteiger partial charge >= 0.3 is 0 Å². The Morgan fingerprint density at radius 2 is 2.11 bits per heavy atom. The van der Waals surface area contributed by atoms with Gasteiger partial charge in [-0.2, -0.15) is 5.10 Å². The van der Waals surface area contributed by atoms with Gasteiger partial charge in [-0.3, -0.25) is 4.79 Å². The number of rotatable bonds is 5. The Morgan fingerprint density at radius 1 is 1.26 bits per heavy atom. The normalized spacial score (nSPS) is 15.4. The maximum atomic E-state index is 13.0. The molecule has 0 N–H and O–H groups in total. The summed E-state index contributed by atoms with van der Waals surface area (Å²) >= 11 is 0. The number of aryl methyl sites for hydroxylation is 1. The van der Waals surface area contributed by atoms with Crippen LogP contribution in [0.3, 0.4) is 0 Å². The fraction of sp³-hybridized carbons (Fsp3) is 0.273. The number of carbonyl (C=O) groups is 1. The molecule has 4 rings (SSSR count). The standard InChI is InChI=1S/C22H23N3O2/c1-24(22(26)21-11-10-17-6-3-4-9-20(17)21)14-16-13-23-25(15-16)18-7-5-8-19(12-18)27-2/h3-9,12-13,15,21H,10-11,14H2,1-2H3.